The van der Waals surface area contributed by atoms with E-state index < -0.39 is 11.9 Å². The molecular formula is C54H86BaO10. The topological polar surface area (TPSA) is 151 Å². The van der Waals surface area contributed by atoms with Crippen LogP contribution in [0.3, 0.4) is 0 Å². The first-order valence-electron chi connectivity index (χ1n) is 25.1. The fourth-order valence-corrected chi connectivity index (χ4v) is 8.04. The van der Waals surface area contributed by atoms with Gasteiger partial charge < -0.3 is 38.7 Å². The van der Waals surface area contributed by atoms with Crippen molar-refractivity contribution in [2.45, 2.75) is 245 Å². The quantitative estimate of drug-likeness (QED) is 0.0358. The maximum Gasteiger partial charge on any atom is 2.00 e. The molecule has 2 rings (SSSR count). The van der Waals surface area contributed by atoms with Crippen LogP contribution >= 0.6 is 0 Å². The Bertz CT molecular complexity index is 1320. The Hall–Kier alpha value is -2.19. The number of carboxylic acid groups (broad SMARTS) is 2. The first-order valence-corrected chi connectivity index (χ1v) is 25.1. The van der Waals surface area contributed by atoms with Gasteiger partial charge >= 0.3 is 60.8 Å². The number of hydrogen-bond acceptors (Lipinski definition) is 10. The normalized spacial score (nSPS) is 12.7. The molecule has 2 aromatic carbocycles. The molecule has 0 radical (unpaired) electrons. The molecule has 0 amide bonds. The molecule has 0 N–H and O–H groups in total. The summed E-state index contributed by atoms with van der Waals surface area (Å²) in [5.74, 6) is -2.43. The van der Waals surface area contributed by atoms with E-state index in [0.29, 0.717) is 13.2 Å². The first kappa shape index (κ1) is 62.8. The number of carboxylic acids is 2. The van der Waals surface area contributed by atoms with Gasteiger partial charge in [0.1, 0.15) is 12.2 Å². The molecule has 65 heavy (non-hydrogen) atoms. The second-order valence-corrected chi connectivity index (χ2v) is 17.5. The molecule has 0 spiro atoms. The Morgan fingerprint density at radius 1 is 0.415 bits per heavy atom. The van der Waals surface area contributed by atoms with E-state index in [1.807, 2.05) is 60.7 Å². The summed E-state index contributed by atoms with van der Waals surface area (Å²) >= 11 is 0. The van der Waals surface area contributed by atoms with Crippen LogP contribution in [0.5, 0.6) is 0 Å². The van der Waals surface area contributed by atoms with Gasteiger partial charge in [0.25, 0.3) is 0 Å². The van der Waals surface area contributed by atoms with Crippen LogP contribution in [0.15, 0.2) is 60.7 Å². The SMILES string of the molecule is CCCC(CCCCCCCCCCCC(CC(=O)[O-])OCc1ccccc1)OC(C)=O.CCCC(CCCCCCCCCCCC(CC(=O)[O-])OCc1ccccc1)OC(C)=O.[Ba+2]. The second kappa shape index (κ2) is 44.3. The summed E-state index contributed by atoms with van der Waals surface area (Å²) in [6.07, 6.45) is 28.2. The molecule has 4 atom stereocenters. The van der Waals surface area contributed by atoms with Crippen LogP contribution in [0.2, 0.25) is 0 Å². The summed E-state index contributed by atoms with van der Waals surface area (Å²) in [7, 11) is 0. The van der Waals surface area contributed by atoms with E-state index in [1.165, 1.54) is 90.9 Å². The Morgan fingerprint density at radius 3 is 0.923 bits per heavy atom. The van der Waals surface area contributed by atoms with Crippen LogP contribution in [0.4, 0.5) is 0 Å². The monoisotopic (exact) mass is 1030 g/mol. The summed E-state index contributed by atoms with van der Waals surface area (Å²) in [6, 6.07) is 19.7. The van der Waals surface area contributed by atoms with Crippen LogP contribution in [0.25, 0.3) is 0 Å². The van der Waals surface area contributed by atoms with Gasteiger partial charge in [-0.25, -0.2) is 0 Å². The maximum atomic E-state index is 11.1. The predicted octanol–water partition coefficient (Wildman–Crippen LogP) is 11.1. The Labute approximate surface area is 434 Å². The van der Waals surface area contributed by atoms with Crippen LogP contribution in [0.1, 0.15) is 219 Å². The standard InChI is InChI=1S/2C27H44O5.Ba/c2*1-3-16-25(32-23(2)28)19-14-9-7-5-4-6-8-10-15-20-26(21-27(29)30)31-22-24-17-12-11-13-18-24;/h2*11-13,17-18,25-26H,3-10,14-16,19-22H2,1-2H3,(H,29,30);/q;;+2/p-2. The minimum atomic E-state index is -1.04. The van der Waals surface area contributed by atoms with Crippen LogP contribution < -0.4 is 10.2 Å². The third-order valence-electron chi connectivity index (χ3n) is 11.4. The van der Waals surface area contributed by atoms with Crippen molar-refractivity contribution in [2.24, 2.45) is 0 Å². The molecule has 10 nitrogen and oxygen atoms in total. The average molecular weight is 1030 g/mol. The van der Waals surface area contributed by atoms with Crippen LogP contribution in [-0.4, -0.2) is 97.2 Å². The van der Waals surface area contributed by atoms with Gasteiger partial charge in [-0.2, -0.15) is 0 Å². The molecule has 2 aromatic rings. The number of carbonyl (C=O) groups excluding carboxylic acids is 4. The van der Waals surface area contributed by atoms with Gasteiger partial charge in [-0.3, -0.25) is 9.59 Å². The molecule has 0 bridgehead atoms. The molecule has 0 aromatic heterocycles. The molecule has 4 unspecified atom stereocenters. The van der Waals surface area contributed by atoms with Crippen molar-refractivity contribution in [1.29, 1.82) is 0 Å². The van der Waals surface area contributed by atoms with E-state index in [4.69, 9.17) is 18.9 Å². The van der Waals surface area contributed by atoms with Crippen molar-refractivity contribution in [2.75, 3.05) is 0 Å². The Morgan fingerprint density at radius 2 is 0.677 bits per heavy atom. The Balaban J connectivity index is 0.00000124. The maximum absolute atomic E-state index is 11.1. The number of aliphatic carboxylic acids is 2. The summed E-state index contributed by atoms with van der Waals surface area (Å²) in [5.41, 5.74) is 2.12. The minimum absolute atomic E-state index is 0. The zero-order chi connectivity index (χ0) is 46.9. The smallest absolute Gasteiger partial charge is 0.550 e. The van der Waals surface area contributed by atoms with Gasteiger partial charge in [0.05, 0.1) is 25.4 Å². The molecule has 0 aliphatic carbocycles. The molecular weight excluding hydrogens is 946 g/mol. The predicted molar refractivity (Wildman–Crippen MR) is 258 cm³/mol. The zero-order valence-electron chi connectivity index (χ0n) is 41.1. The largest absolute Gasteiger partial charge is 2.00 e. The summed E-state index contributed by atoms with van der Waals surface area (Å²) in [5, 5.41) is 22.0. The molecule has 0 aliphatic heterocycles. The average Bonchev–Trinajstić information content (AvgIpc) is 3.25. The van der Waals surface area contributed by atoms with Crippen molar-refractivity contribution in [3.63, 3.8) is 0 Å². The van der Waals surface area contributed by atoms with Crippen LogP contribution in [0, 0.1) is 0 Å². The van der Waals surface area contributed by atoms with Crippen molar-refractivity contribution >= 4 is 72.8 Å². The second-order valence-electron chi connectivity index (χ2n) is 17.5. The van der Waals surface area contributed by atoms with Gasteiger partial charge in [-0.1, -0.05) is 190 Å². The molecule has 0 aliphatic rings. The van der Waals surface area contributed by atoms with Crippen LogP contribution in [-0.2, 0) is 51.3 Å². The number of benzene rings is 2. The summed E-state index contributed by atoms with van der Waals surface area (Å²) in [6.45, 7) is 8.11. The fraction of sp³-hybridized carbons (Fsp3) is 0.704. The van der Waals surface area contributed by atoms with E-state index in [2.05, 4.69) is 13.8 Å². The van der Waals surface area contributed by atoms with Crippen molar-refractivity contribution in [3.8, 4) is 0 Å². The summed E-state index contributed by atoms with van der Waals surface area (Å²) in [4.78, 5) is 44.3. The number of esters is 2. The Kier molecular flexibility index (Phi) is 42.8. The number of ether oxygens (including phenoxy) is 4. The molecule has 0 saturated heterocycles. The van der Waals surface area contributed by atoms with Crippen molar-refractivity contribution in [1.82, 2.24) is 0 Å². The number of rotatable bonds is 40. The number of unbranched alkanes of at least 4 members (excludes halogenated alkanes) is 16. The molecule has 364 valence electrons. The fourth-order valence-electron chi connectivity index (χ4n) is 8.04. The third kappa shape index (κ3) is 40.6. The molecule has 0 saturated carbocycles. The van der Waals surface area contributed by atoms with Gasteiger partial charge in [0.2, 0.25) is 0 Å². The minimum Gasteiger partial charge on any atom is -0.550 e. The van der Waals surface area contributed by atoms with Gasteiger partial charge in [0.15, 0.2) is 0 Å². The van der Waals surface area contributed by atoms with E-state index >= 15 is 0 Å². The zero-order valence-corrected chi connectivity index (χ0v) is 45.5. The summed E-state index contributed by atoms with van der Waals surface area (Å²) < 4.78 is 22.4. The van der Waals surface area contributed by atoms with Crippen molar-refractivity contribution < 1.29 is 48.3 Å². The third-order valence-corrected chi connectivity index (χ3v) is 11.4. The van der Waals surface area contributed by atoms with Gasteiger partial charge in [-0.15, -0.1) is 0 Å². The number of carbonyl (C=O) groups is 4. The van der Waals surface area contributed by atoms with Gasteiger partial charge in [-0.05, 0) is 62.5 Å². The van der Waals surface area contributed by atoms with E-state index in [-0.39, 0.29) is 98.1 Å². The first-order chi connectivity index (χ1) is 31.0. The van der Waals surface area contributed by atoms with Crippen molar-refractivity contribution in [3.05, 3.63) is 71.8 Å². The van der Waals surface area contributed by atoms with E-state index in [0.717, 1.165) is 101 Å². The number of hydrogen-bond donors (Lipinski definition) is 0. The van der Waals surface area contributed by atoms with Gasteiger partial charge in [0, 0.05) is 38.6 Å². The van der Waals surface area contributed by atoms with E-state index in [9.17, 15) is 29.4 Å². The van der Waals surface area contributed by atoms with E-state index in [1.54, 1.807) is 0 Å². The molecule has 0 heterocycles. The molecule has 0 fully saturated rings. The molecule has 11 heteroatoms.